The van der Waals surface area contributed by atoms with Crippen LogP contribution in [-0.2, 0) is 6.42 Å². The van der Waals surface area contributed by atoms with Crippen molar-refractivity contribution in [3.05, 3.63) is 69.9 Å². The molecule has 23 heavy (non-hydrogen) atoms. The quantitative estimate of drug-likeness (QED) is 0.709. The number of urea groups is 1. The number of hydrogen-bond acceptors (Lipinski definition) is 2. The predicted molar refractivity (Wildman–Crippen MR) is 98.2 cm³/mol. The molecule has 0 aliphatic carbocycles. The van der Waals surface area contributed by atoms with E-state index in [4.69, 9.17) is 11.6 Å². The van der Waals surface area contributed by atoms with Crippen molar-refractivity contribution in [2.24, 2.45) is 0 Å². The van der Waals surface area contributed by atoms with E-state index in [0.717, 1.165) is 15.6 Å². The van der Waals surface area contributed by atoms with Gasteiger partial charge in [-0.2, -0.15) is 0 Å². The lowest BCUT2D eigenvalue weighted by atomic mass is 10.1. The zero-order chi connectivity index (χ0) is 16.7. The zero-order valence-corrected chi connectivity index (χ0v) is 14.7. The summed E-state index contributed by atoms with van der Waals surface area (Å²) >= 11 is 7.44. The van der Waals surface area contributed by atoms with Crippen molar-refractivity contribution >= 4 is 29.0 Å². The minimum Gasteiger partial charge on any atom is -0.331 e. The van der Waals surface area contributed by atoms with E-state index in [1.165, 1.54) is 16.9 Å². The summed E-state index contributed by atoms with van der Waals surface area (Å²) in [5.41, 5.74) is 1.22. The lowest BCUT2D eigenvalue weighted by Crippen LogP contribution is -2.42. The summed E-state index contributed by atoms with van der Waals surface area (Å²) in [7, 11) is 0. The van der Waals surface area contributed by atoms with Crippen LogP contribution in [0.2, 0.25) is 4.34 Å². The van der Waals surface area contributed by atoms with Crippen LogP contribution in [-0.4, -0.2) is 24.0 Å². The number of rotatable bonds is 7. The summed E-state index contributed by atoms with van der Waals surface area (Å²) in [4.78, 5) is 15.3. The van der Waals surface area contributed by atoms with E-state index in [1.807, 2.05) is 37.3 Å². The Kier molecular flexibility index (Phi) is 6.68. The molecule has 1 N–H and O–H groups in total. The molecule has 0 saturated heterocycles. The van der Waals surface area contributed by atoms with Crippen molar-refractivity contribution in [2.45, 2.75) is 19.4 Å². The minimum absolute atomic E-state index is 0.0657. The Bertz CT molecular complexity index is 641. The van der Waals surface area contributed by atoms with Crippen LogP contribution in [0.25, 0.3) is 0 Å². The summed E-state index contributed by atoms with van der Waals surface area (Å²) in [6.07, 6.45) is 2.57. The van der Waals surface area contributed by atoms with Crippen LogP contribution < -0.4 is 5.32 Å². The molecule has 1 atom stereocenters. The summed E-state index contributed by atoms with van der Waals surface area (Å²) in [5.74, 6) is 0. The highest BCUT2D eigenvalue weighted by molar-refractivity contribution is 7.16. The number of nitrogens with one attached hydrogen (secondary N) is 1. The molecule has 2 aromatic rings. The van der Waals surface area contributed by atoms with E-state index in [0.29, 0.717) is 13.1 Å². The van der Waals surface area contributed by atoms with Crippen molar-refractivity contribution in [1.29, 1.82) is 0 Å². The number of carbonyl (C=O) groups is 1. The lowest BCUT2D eigenvalue weighted by molar-refractivity contribution is 0.200. The second-order valence-electron chi connectivity index (χ2n) is 5.28. The van der Waals surface area contributed by atoms with Gasteiger partial charge < -0.3 is 10.2 Å². The number of halogens is 1. The molecule has 0 radical (unpaired) electrons. The third kappa shape index (κ3) is 5.41. The molecule has 1 unspecified atom stereocenters. The van der Waals surface area contributed by atoms with Gasteiger partial charge in [-0.3, -0.25) is 0 Å². The van der Waals surface area contributed by atoms with E-state index < -0.39 is 0 Å². The molecule has 122 valence electrons. The van der Waals surface area contributed by atoms with Crippen molar-refractivity contribution in [3.8, 4) is 0 Å². The van der Waals surface area contributed by atoms with Gasteiger partial charge in [0, 0.05) is 18.0 Å². The smallest absolute Gasteiger partial charge is 0.318 e. The molecule has 0 aliphatic rings. The molecule has 0 bridgehead atoms. The Labute approximate surface area is 146 Å². The molecule has 0 spiro atoms. The summed E-state index contributed by atoms with van der Waals surface area (Å²) in [5, 5.41) is 3.02. The van der Waals surface area contributed by atoms with Crippen LogP contribution in [0.15, 0.2) is 55.1 Å². The fourth-order valence-corrected chi connectivity index (χ4v) is 3.31. The van der Waals surface area contributed by atoms with Crippen LogP contribution in [0.1, 0.15) is 23.4 Å². The first-order chi connectivity index (χ1) is 11.1. The molecule has 2 amide bonds. The first-order valence-electron chi connectivity index (χ1n) is 7.55. The second kappa shape index (κ2) is 8.75. The molecule has 0 aliphatic heterocycles. The minimum atomic E-state index is -0.0853. The highest BCUT2D eigenvalue weighted by Gasteiger charge is 2.16. The van der Waals surface area contributed by atoms with Gasteiger partial charge in [-0.05, 0) is 31.0 Å². The largest absolute Gasteiger partial charge is 0.331 e. The third-order valence-electron chi connectivity index (χ3n) is 3.51. The standard InChI is InChI=1S/C18H21ClN2OS/c1-3-12-21(13-11-15-7-5-4-6-8-15)18(22)20-14(2)16-9-10-17(19)23-16/h3-10,14H,1,11-13H2,2H3,(H,20,22). The van der Waals surface area contributed by atoms with Gasteiger partial charge in [0.2, 0.25) is 0 Å². The molecular weight excluding hydrogens is 328 g/mol. The molecule has 1 aromatic heterocycles. The first kappa shape index (κ1) is 17.6. The Balaban J connectivity index is 1.93. The number of carbonyl (C=O) groups excluding carboxylic acids is 1. The van der Waals surface area contributed by atoms with Crippen molar-refractivity contribution in [3.63, 3.8) is 0 Å². The fraction of sp³-hybridized carbons (Fsp3) is 0.278. The van der Waals surface area contributed by atoms with Gasteiger partial charge in [-0.25, -0.2) is 4.79 Å². The van der Waals surface area contributed by atoms with E-state index in [-0.39, 0.29) is 12.1 Å². The Morgan fingerprint density at radius 3 is 2.70 bits per heavy atom. The van der Waals surface area contributed by atoms with E-state index in [1.54, 1.807) is 11.0 Å². The Morgan fingerprint density at radius 2 is 2.09 bits per heavy atom. The number of amides is 2. The molecular formula is C18H21ClN2OS. The maximum Gasteiger partial charge on any atom is 0.318 e. The number of benzene rings is 1. The maximum absolute atomic E-state index is 12.5. The third-order valence-corrected chi connectivity index (χ3v) is 4.92. The van der Waals surface area contributed by atoms with E-state index >= 15 is 0 Å². The van der Waals surface area contributed by atoms with Gasteiger partial charge in [-0.15, -0.1) is 17.9 Å². The van der Waals surface area contributed by atoms with Crippen LogP contribution >= 0.6 is 22.9 Å². The van der Waals surface area contributed by atoms with Gasteiger partial charge in [0.15, 0.2) is 0 Å². The highest BCUT2D eigenvalue weighted by atomic mass is 35.5. The SMILES string of the molecule is C=CCN(CCc1ccccc1)C(=O)NC(C)c1ccc(Cl)s1. The average molecular weight is 349 g/mol. The van der Waals surface area contributed by atoms with Crippen LogP contribution in [0.3, 0.4) is 0 Å². The summed E-state index contributed by atoms with van der Waals surface area (Å²) < 4.78 is 0.730. The second-order valence-corrected chi connectivity index (χ2v) is 7.03. The van der Waals surface area contributed by atoms with Gasteiger partial charge in [-0.1, -0.05) is 48.0 Å². The van der Waals surface area contributed by atoms with Gasteiger partial charge in [0.25, 0.3) is 0 Å². The Hall–Kier alpha value is -1.78. The maximum atomic E-state index is 12.5. The van der Waals surface area contributed by atoms with Crippen LogP contribution in [0.4, 0.5) is 4.79 Å². The van der Waals surface area contributed by atoms with Gasteiger partial charge in [0.05, 0.1) is 10.4 Å². The molecule has 2 rings (SSSR count). The molecule has 0 saturated carbocycles. The highest BCUT2D eigenvalue weighted by Crippen LogP contribution is 2.26. The first-order valence-corrected chi connectivity index (χ1v) is 8.75. The molecule has 0 fully saturated rings. The van der Waals surface area contributed by atoms with Crippen molar-refractivity contribution in [2.75, 3.05) is 13.1 Å². The summed E-state index contributed by atoms with van der Waals surface area (Å²) in [6.45, 7) is 6.88. The van der Waals surface area contributed by atoms with Crippen molar-refractivity contribution < 1.29 is 4.79 Å². The topological polar surface area (TPSA) is 32.3 Å². The lowest BCUT2D eigenvalue weighted by Gasteiger charge is -2.24. The number of thiophene rings is 1. The van der Waals surface area contributed by atoms with E-state index in [9.17, 15) is 4.79 Å². The number of nitrogens with zero attached hydrogens (tertiary/aromatic N) is 1. The fourth-order valence-electron chi connectivity index (χ4n) is 2.25. The van der Waals surface area contributed by atoms with Gasteiger partial charge in [0.1, 0.15) is 0 Å². The predicted octanol–water partition coefficient (Wildman–Crippen LogP) is 4.90. The monoisotopic (exact) mass is 348 g/mol. The van der Waals surface area contributed by atoms with E-state index in [2.05, 4.69) is 24.0 Å². The summed E-state index contributed by atoms with van der Waals surface area (Å²) in [6, 6.07) is 13.8. The molecule has 5 heteroatoms. The molecule has 1 heterocycles. The molecule has 3 nitrogen and oxygen atoms in total. The number of hydrogen-bond donors (Lipinski definition) is 1. The Morgan fingerprint density at radius 1 is 1.35 bits per heavy atom. The van der Waals surface area contributed by atoms with Crippen LogP contribution in [0, 0.1) is 0 Å². The molecule has 1 aromatic carbocycles. The van der Waals surface area contributed by atoms with Gasteiger partial charge >= 0.3 is 6.03 Å². The zero-order valence-electron chi connectivity index (χ0n) is 13.2. The van der Waals surface area contributed by atoms with Crippen molar-refractivity contribution in [1.82, 2.24) is 10.2 Å². The normalized spacial score (nSPS) is 11.7. The average Bonchev–Trinajstić information content (AvgIpc) is 2.99. The van der Waals surface area contributed by atoms with Crippen LogP contribution in [0.5, 0.6) is 0 Å².